The highest BCUT2D eigenvalue weighted by atomic mass is 79.9. The summed E-state index contributed by atoms with van der Waals surface area (Å²) >= 11 is 0. The van der Waals surface area contributed by atoms with Gasteiger partial charge in [0.1, 0.15) is 15.9 Å². The molecule has 0 saturated carbocycles. The number of carbonyl (C=O) groups is 2. The molecular weight excluding hydrogens is 493 g/mol. The van der Waals surface area contributed by atoms with Gasteiger partial charge in [0.2, 0.25) is 0 Å². The molecule has 1 aliphatic heterocycles. The minimum absolute atomic E-state index is 0. The third-order valence-corrected chi connectivity index (χ3v) is 8.83. The molecule has 33 heavy (non-hydrogen) atoms. The van der Waals surface area contributed by atoms with Gasteiger partial charge in [-0.2, -0.15) is 0 Å². The maximum absolute atomic E-state index is 13.2. The number of hydrogen-bond acceptors (Lipinski definition) is 2. The van der Waals surface area contributed by atoms with Crippen LogP contribution in [0.2, 0.25) is 0 Å². The Morgan fingerprint density at radius 3 is 1.55 bits per heavy atom. The van der Waals surface area contributed by atoms with Crippen LogP contribution in [0.1, 0.15) is 39.2 Å². The van der Waals surface area contributed by atoms with Gasteiger partial charge in [0.05, 0.1) is 25.1 Å². The third kappa shape index (κ3) is 4.17. The van der Waals surface area contributed by atoms with E-state index >= 15 is 0 Å². The summed E-state index contributed by atoms with van der Waals surface area (Å²) in [5.41, 5.74) is 1.99. The zero-order valence-electron chi connectivity index (χ0n) is 18.1. The smallest absolute Gasteiger partial charge is 0.262 e. The lowest BCUT2D eigenvalue weighted by molar-refractivity contribution is -0.0000323. The summed E-state index contributed by atoms with van der Waals surface area (Å²) < 4.78 is 0. The predicted octanol–water partition coefficient (Wildman–Crippen LogP) is 1.54. The van der Waals surface area contributed by atoms with Crippen LogP contribution in [0, 0.1) is 0 Å². The van der Waals surface area contributed by atoms with Gasteiger partial charge in [-0.1, -0.05) is 66.7 Å². The van der Waals surface area contributed by atoms with Gasteiger partial charge in [-0.15, -0.1) is 0 Å². The highest BCUT2D eigenvalue weighted by molar-refractivity contribution is 7.79. The molecule has 164 valence electrons. The number of nitrogens with zero attached hydrogens (tertiary/aromatic N) is 1. The minimum atomic E-state index is -1.33. The molecule has 0 aromatic heterocycles. The second-order valence-electron chi connectivity index (χ2n) is 7.90. The lowest BCUT2D eigenvalue weighted by Crippen LogP contribution is -3.00. The van der Waals surface area contributed by atoms with Crippen molar-refractivity contribution in [1.29, 1.82) is 0 Å². The van der Waals surface area contributed by atoms with Gasteiger partial charge in [0.15, 0.2) is 0 Å². The van der Waals surface area contributed by atoms with E-state index in [1.807, 2.05) is 31.2 Å². The van der Waals surface area contributed by atoms with E-state index in [9.17, 15) is 9.59 Å². The second kappa shape index (κ2) is 9.82. The number of hydrogen-bond donors (Lipinski definition) is 0. The third-order valence-electron chi connectivity index (χ3n) is 6.02. The molecule has 5 rings (SSSR count). The Morgan fingerprint density at radius 2 is 1.03 bits per heavy atom. The van der Waals surface area contributed by atoms with E-state index in [1.165, 1.54) is 20.8 Å². The predicted molar refractivity (Wildman–Crippen MR) is 132 cm³/mol. The van der Waals surface area contributed by atoms with E-state index in [2.05, 4.69) is 60.7 Å². The molecular formula is C28H23BrNO2P. The van der Waals surface area contributed by atoms with Crippen LogP contribution in [0.5, 0.6) is 0 Å². The van der Waals surface area contributed by atoms with Gasteiger partial charge in [-0.25, -0.2) is 0 Å². The van der Waals surface area contributed by atoms with E-state index in [1.54, 1.807) is 24.3 Å². The zero-order chi connectivity index (χ0) is 22.1. The summed E-state index contributed by atoms with van der Waals surface area (Å²) in [6.07, 6.45) is 0. The Hall–Kier alpha value is -3.07. The number of imide groups is 1. The molecule has 3 nitrogen and oxygen atoms in total. The standard InChI is InChI=1S/C28H22NO2P.BrH/c1-20(29-27(30)24-17-8-9-18-25(24)28(29)31)23-16-10-11-19-26(23)32(21-12-4-2-5-13-21)22-14-6-3-7-15-22;/h2-20H,1H3;1H. The first kappa shape index (κ1) is 23.1. The Kier molecular flexibility index (Phi) is 6.88. The number of halogens is 1. The van der Waals surface area contributed by atoms with Crippen LogP contribution in [-0.2, 0) is 0 Å². The fourth-order valence-electron chi connectivity index (χ4n) is 4.48. The lowest BCUT2D eigenvalue weighted by Gasteiger charge is -2.25. The molecule has 1 aliphatic rings. The molecule has 0 spiro atoms. The topological polar surface area (TPSA) is 37.4 Å². The van der Waals surface area contributed by atoms with Gasteiger partial charge >= 0.3 is 0 Å². The molecule has 0 radical (unpaired) electrons. The van der Waals surface area contributed by atoms with Gasteiger partial charge in [-0.05, 0) is 49.4 Å². The van der Waals surface area contributed by atoms with Gasteiger partial charge in [0, 0.05) is 5.56 Å². The van der Waals surface area contributed by atoms with E-state index in [4.69, 9.17) is 0 Å². The van der Waals surface area contributed by atoms with Crippen molar-refractivity contribution in [3.63, 3.8) is 0 Å². The average molecular weight is 516 g/mol. The highest BCUT2D eigenvalue weighted by Crippen LogP contribution is 2.38. The quantitative estimate of drug-likeness (QED) is 0.298. The average Bonchev–Trinajstić information content (AvgIpc) is 3.11. The molecule has 4 aromatic rings. The fraction of sp³-hybridized carbons (Fsp3) is 0.0714. The summed E-state index contributed by atoms with van der Waals surface area (Å²) in [6, 6.07) is 36.0. The fourth-order valence-corrected chi connectivity index (χ4v) is 7.33. The number of fused-ring (bicyclic) bond motifs is 1. The molecule has 0 fully saturated rings. The minimum Gasteiger partial charge on any atom is -1.00 e. The number of amides is 2. The van der Waals surface area contributed by atoms with Crippen molar-refractivity contribution in [3.05, 3.63) is 126 Å². The molecule has 0 saturated heterocycles. The van der Waals surface area contributed by atoms with E-state index in [0.29, 0.717) is 11.1 Å². The van der Waals surface area contributed by atoms with Crippen LogP contribution >= 0.6 is 7.92 Å². The monoisotopic (exact) mass is 515 g/mol. The first-order chi connectivity index (χ1) is 15.7. The molecule has 0 bridgehead atoms. The van der Waals surface area contributed by atoms with Crippen molar-refractivity contribution in [1.82, 2.24) is 4.90 Å². The number of rotatable bonds is 5. The zero-order valence-corrected chi connectivity index (χ0v) is 20.7. The van der Waals surface area contributed by atoms with Crippen molar-refractivity contribution < 1.29 is 26.6 Å². The molecule has 0 aliphatic carbocycles. The van der Waals surface area contributed by atoms with Gasteiger partial charge in [-0.3, -0.25) is 14.5 Å². The molecule has 1 unspecified atom stereocenters. The number of carbonyl (C=O) groups excluding carboxylic acids is 2. The lowest BCUT2D eigenvalue weighted by atomic mass is 10.1. The summed E-state index contributed by atoms with van der Waals surface area (Å²) in [5.74, 6) is -0.442. The number of benzene rings is 4. The normalized spacial score (nSPS) is 13.6. The maximum Gasteiger partial charge on any atom is 0.262 e. The van der Waals surface area contributed by atoms with E-state index in [-0.39, 0.29) is 34.8 Å². The largest absolute Gasteiger partial charge is 1.00 e. The molecule has 4 aromatic carbocycles. The Bertz CT molecular complexity index is 1220. The molecule has 2 amide bonds. The molecule has 0 N–H and O–H groups in total. The van der Waals surface area contributed by atoms with Crippen molar-refractivity contribution >= 4 is 35.6 Å². The Balaban J connectivity index is 0.00000259. The Labute approximate surface area is 205 Å². The van der Waals surface area contributed by atoms with Crippen molar-refractivity contribution in [3.8, 4) is 0 Å². The maximum atomic E-state index is 13.2. The summed E-state index contributed by atoms with van der Waals surface area (Å²) in [6.45, 7) is 1.95. The van der Waals surface area contributed by atoms with Crippen LogP contribution in [-0.4, -0.2) is 16.7 Å². The van der Waals surface area contributed by atoms with Crippen LogP contribution in [0.15, 0.2) is 109 Å². The summed E-state index contributed by atoms with van der Waals surface area (Å²) in [4.78, 5) is 27.7. The van der Waals surface area contributed by atoms with Crippen LogP contribution in [0.25, 0.3) is 0 Å². The summed E-state index contributed by atoms with van der Waals surface area (Å²) in [5, 5.41) is 3.73. The first-order valence-electron chi connectivity index (χ1n) is 10.7. The molecule has 5 heteroatoms. The Morgan fingerprint density at radius 1 is 0.606 bits per heavy atom. The van der Waals surface area contributed by atoms with Crippen molar-refractivity contribution in [2.75, 3.05) is 0 Å². The van der Waals surface area contributed by atoms with E-state index < -0.39 is 7.92 Å². The first-order valence-corrected chi connectivity index (χ1v) is 12.2. The molecule has 1 atom stereocenters. The van der Waals surface area contributed by atoms with Gasteiger partial charge in [0.25, 0.3) is 11.8 Å². The SMILES string of the molecule is CC(c1ccccc1[PH+](c1ccccc1)c1ccccc1)N1C(=O)c2ccccc2C1=O.[Br-]. The second-order valence-corrected chi connectivity index (χ2v) is 10.3. The van der Waals surface area contributed by atoms with Crippen molar-refractivity contribution in [2.45, 2.75) is 13.0 Å². The van der Waals surface area contributed by atoms with Gasteiger partial charge < -0.3 is 17.0 Å². The van der Waals surface area contributed by atoms with Crippen molar-refractivity contribution in [2.24, 2.45) is 0 Å². The molecule has 1 heterocycles. The van der Waals surface area contributed by atoms with Crippen LogP contribution in [0.3, 0.4) is 0 Å². The van der Waals surface area contributed by atoms with Crippen LogP contribution < -0.4 is 32.9 Å². The highest BCUT2D eigenvalue weighted by Gasteiger charge is 2.40. The summed E-state index contributed by atoms with van der Waals surface area (Å²) in [7, 11) is -1.33. The van der Waals surface area contributed by atoms with Crippen LogP contribution in [0.4, 0.5) is 0 Å². The van der Waals surface area contributed by atoms with E-state index in [0.717, 1.165) is 5.56 Å².